The highest BCUT2D eigenvalue weighted by molar-refractivity contribution is 14.0. The van der Waals surface area contributed by atoms with Crippen LogP contribution < -0.4 is 15.5 Å². The van der Waals surface area contributed by atoms with Crippen LogP contribution in [0.4, 0.5) is 19.0 Å². The number of nitrogens with one attached hydrogen (secondary N) is 2. The Morgan fingerprint density at radius 1 is 1.30 bits per heavy atom. The fraction of sp³-hybridized carbons (Fsp3) is 0.438. The third-order valence-corrected chi connectivity index (χ3v) is 4.13. The Morgan fingerprint density at radius 2 is 2.04 bits per heavy atom. The average molecular weight is 514 g/mol. The van der Waals surface area contributed by atoms with Gasteiger partial charge in [-0.1, -0.05) is 0 Å². The van der Waals surface area contributed by atoms with Crippen LogP contribution in [-0.4, -0.2) is 36.6 Å². The highest BCUT2D eigenvalue weighted by Gasteiger charge is 2.33. The molecule has 0 saturated heterocycles. The highest BCUT2D eigenvalue weighted by Crippen LogP contribution is 2.29. The highest BCUT2D eigenvalue weighted by atomic mass is 127. The zero-order valence-corrected chi connectivity index (χ0v) is 18.3. The van der Waals surface area contributed by atoms with E-state index in [1.807, 2.05) is 38.1 Å². The Kier molecular flexibility index (Phi) is 9.22. The second-order valence-electron chi connectivity index (χ2n) is 5.59. The van der Waals surface area contributed by atoms with Gasteiger partial charge < -0.3 is 15.5 Å². The Labute approximate surface area is 177 Å². The van der Waals surface area contributed by atoms with E-state index in [1.165, 1.54) is 0 Å². The molecule has 2 rings (SSSR count). The minimum atomic E-state index is -4.42. The van der Waals surface area contributed by atoms with Gasteiger partial charge in [0.2, 0.25) is 0 Å². The molecule has 0 fully saturated rings. The third kappa shape index (κ3) is 7.48. The summed E-state index contributed by atoms with van der Waals surface area (Å²) in [6.07, 6.45) is -2.70. The molecule has 0 spiro atoms. The van der Waals surface area contributed by atoms with Crippen molar-refractivity contribution in [1.82, 2.24) is 20.6 Å². The molecule has 0 unspecified atom stereocenters. The lowest BCUT2D eigenvalue weighted by Crippen LogP contribution is -2.36. The predicted molar refractivity (Wildman–Crippen MR) is 113 cm³/mol. The molecule has 0 bridgehead atoms. The van der Waals surface area contributed by atoms with Crippen LogP contribution in [0.1, 0.15) is 23.2 Å². The zero-order valence-electron chi connectivity index (χ0n) is 15.2. The van der Waals surface area contributed by atoms with Gasteiger partial charge in [0.15, 0.2) is 11.7 Å². The van der Waals surface area contributed by atoms with Gasteiger partial charge in [0, 0.05) is 32.2 Å². The van der Waals surface area contributed by atoms with Gasteiger partial charge in [0.1, 0.15) is 10.8 Å². The quantitative estimate of drug-likeness (QED) is 0.351. The lowest BCUT2D eigenvalue weighted by Gasteiger charge is -2.12. The van der Waals surface area contributed by atoms with E-state index in [0.717, 1.165) is 28.1 Å². The molecule has 11 heteroatoms. The second kappa shape index (κ2) is 10.6. The minimum Gasteiger partial charge on any atom is -0.363 e. The molecule has 0 aromatic carbocycles. The largest absolute Gasteiger partial charge is 0.434 e. The van der Waals surface area contributed by atoms with Gasteiger partial charge in [0.05, 0.1) is 13.1 Å². The molecule has 0 aliphatic rings. The topological polar surface area (TPSA) is 65.4 Å². The molecule has 0 amide bonds. The Bertz CT molecular complexity index is 748. The number of rotatable bonds is 6. The van der Waals surface area contributed by atoms with Gasteiger partial charge in [-0.15, -0.1) is 35.3 Å². The van der Waals surface area contributed by atoms with Crippen LogP contribution >= 0.6 is 35.3 Å². The molecule has 0 aliphatic heterocycles. The summed E-state index contributed by atoms with van der Waals surface area (Å²) in [5.41, 5.74) is 0.115. The fourth-order valence-corrected chi connectivity index (χ4v) is 2.74. The summed E-state index contributed by atoms with van der Waals surface area (Å²) in [5, 5.41) is 7.43. The van der Waals surface area contributed by atoms with Crippen LogP contribution in [0.3, 0.4) is 0 Å². The van der Waals surface area contributed by atoms with Gasteiger partial charge in [-0.25, -0.2) is 15.0 Å². The molecule has 0 aliphatic carbocycles. The number of guanidine groups is 1. The van der Waals surface area contributed by atoms with Crippen LogP contribution in [0, 0.1) is 0 Å². The monoisotopic (exact) mass is 514 g/mol. The summed E-state index contributed by atoms with van der Waals surface area (Å²) in [5.74, 6) is 1.34. The number of halogens is 4. The van der Waals surface area contributed by atoms with Gasteiger partial charge in [0.25, 0.3) is 0 Å². The maximum absolute atomic E-state index is 12.6. The predicted octanol–water partition coefficient (Wildman–Crippen LogP) is 3.50. The standard InChI is InChI=1S/C16H21F3N6S.HI/c1-4-20-15(22-8-11-5-6-21-13(7-11)25(2)3)23-9-14-24-12(10-26-14)16(17,18)19;/h5-7,10H,4,8-9H2,1-3H3,(H2,20,22,23);1H. The number of thiazole rings is 1. The van der Waals surface area contributed by atoms with Crippen LogP contribution in [0.15, 0.2) is 28.7 Å². The molecule has 2 aromatic rings. The summed E-state index contributed by atoms with van der Waals surface area (Å²) < 4.78 is 37.8. The first-order valence-corrected chi connectivity index (χ1v) is 8.83. The molecule has 2 heterocycles. The number of alkyl halides is 3. The Hall–Kier alpha value is -1.63. The van der Waals surface area contributed by atoms with E-state index in [0.29, 0.717) is 24.1 Å². The summed E-state index contributed by atoms with van der Waals surface area (Å²) >= 11 is 0.966. The minimum absolute atomic E-state index is 0. The molecule has 0 saturated carbocycles. The van der Waals surface area contributed by atoms with Gasteiger partial charge in [-0.3, -0.25) is 0 Å². The number of hydrogen-bond donors (Lipinski definition) is 2. The molecular weight excluding hydrogens is 492 g/mol. The number of anilines is 1. The molecule has 2 aromatic heterocycles. The lowest BCUT2D eigenvalue weighted by molar-refractivity contribution is -0.140. The van der Waals surface area contributed by atoms with Crippen molar-refractivity contribution in [1.29, 1.82) is 0 Å². The maximum Gasteiger partial charge on any atom is 0.434 e. The Balaban J connectivity index is 0.00000364. The molecule has 150 valence electrons. The van der Waals surface area contributed by atoms with Gasteiger partial charge in [-0.05, 0) is 24.6 Å². The van der Waals surface area contributed by atoms with Crippen molar-refractivity contribution >= 4 is 47.1 Å². The van der Waals surface area contributed by atoms with Crippen LogP contribution in [0.2, 0.25) is 0 Å². The molecule has 6 nitrogen and oxygen atoms in total. The molecular formula is C16H22F3IN6S. The first-order valence-electron chi connectivity index (χ1n) is 7.95. The molecule has 2 N–H and O–H groups in total. The van der Waals surface area contributed by atoms with E-state index >= 15 is 0 Å². The van der Waals surface area contributed by atoms with Crippen molar-refractivity contribution in [2.24, 2.45) is 4.99 Å². The van der Waals surface area contributed by atoms with E-state index in [9.17, 15) is 13.2 Å². The summed E-state index contributed by atoms with van der Waals surface area (Å²) in [6, 6.07) is 3.81. The number of hydrogen-bond acceptors (Lipinski definition) is 5. The van der Waals surface area contributed by atoms with Gasteiger partial charge >= 0.3 is 6.18 Å². The van der Waals surface area contributed by atoms with E-state index in [2.05, 4.69) is 25.6 Å². The second-order valence-corrected chi connectivity index (χ2v) is 6.53. The summed E-state index contributed by atoms with van der Waals surface area (Å²) in [6.45, 7) is 3.14. The lowest BCUT2D eigenvalue weighted by atomic mass is 10.2. The van der Waals surface area contributed by atoms with Crippen LogP contribution in [-0.2, 0) is 19.3 Å². The van der Waals surface area contributed by atoms with Crippen molar-refractivity contribution in [3.8, 4) is 0 Å². The van der Waals surface area contributed by atoms with Crippen molar-refractivity contribution in [2.45, 2.75) is 26.2 Å². The summed E-state index contributed by atoms with van der Waals surface area (Å²) in [7, 11) is 3.81. The van der Waals surface area contributed by atoms with E-state index in [4.69, 9.17) is 0 Å². The van der Waals surface area contributed by atoms with Crippen molar-refractivity contribution in [3.63, 3.8) is 0 Å². The maximum atomic E-state index is 12.6. The first kappa shape index (κ1) is 23.4. The molecule has 0 atom stereocenters. The third-order valence-electron chi connectivity index (χ3n) is 3.28. The van der Waals surface area contributed by atoms with E-state index in [1.54, 1.807) is 6.20 Å². The normalized spacial score (nSPS) is 11.7. The SMILES string of the molecule is CCNC(=NCc1ccnc(N(C)C)c1)NCc1nc(C(F)(F)F)cs1.I. The summed E-state index contributed by atoms with van der Waals surface area (Å²) in [4.78, 5) is 14.2. The van der Waals surface area contributed by atoms with E-state index < -0.39 is 11.9 Å². The van der Waals surface area contributed by atoms with Crippen LogP contribution in [0.5, 0.6) is 0 Å². The van der Waals surface area contributed by atoms with Crippen molar-refractivity contribution in [3.05, 3.63) is 40.0 Å². The number of nitrogens with zero attached hydrogens (tertiary/aromatic N) is 4. The van der Waals surface area contributed by atoms with Crippen LogP contribution in [0.25, 0.3) is 0 Å². The van der Waals surface area contributed by atoms with Crippen molar-refractivity contribution < 1.29 is 13.2 Å². The fourth-order valence-electron chi connectivity index (χ4n) is 2.00. The smallest absolute Gasteiger partial charge is 0.363 e. The number of pyridine rings is 1. The van der Waals surface area contributed by atoms with Crippen molar-refractivity contribution in [2.75, 3.05) is 25.5 Å². The Morgan fingerprint density at radius 3 is 2.63 bits per heavy atom. The number of aromatic nitrogens is 2. The molecule has 27 heavy (non-hydrogen) atoms. The average Bonchev–Trinajstić information content (AvgIpc) is 3.07. The van der Waals surface area contributed by atoms with E-state index in [-0.39, 0.29) is 30.5 Å². The number of aliphatic imine (C=N–C) groups is 1. The van der Waals surface area contributed by atoms with Gasteiger partial charge in [-0.2, -0.15) is 13.2 Å². The zero-order chi connectivity index (χ0) is 19.2. The first-order chi connectivity index (χ1) is 12.3. The molecule has 0 radical (unpaired) electrons.